The molecule has 1 atom stereocenters. The highest BCUT2D eigenvalue weighted by Crippen LogP contribution is 2.36. The van der Waals surface area contributed by atoms with Crippen LogP contribution in [0.1, 0.15) is 46.3 Å². The minimum Gasteiger partial charge on any atom is -0.358 e. The summed E-state index contributed by atoms with van der Waals surface area (Å²) in [5.74, 6) is -2.54. The third-order valence-corrected chi connectivity index (χ3v) is 6.08. The van der Waals surface area contributed by atoms with Crippen molar-refractivity contribution in [2.24, 2.45) is 4.99 Å². The van der Waals surface area contributed by atoms with Gasteiger partial charge in [-0.1, -0.05) is 30.0 Å². The van der Waals surface area contributed by atoms with E-state index in [-0.39, 0.29) is 12.0 Å². The molecule has 30 heavy (non-hydrogen) atoms. The van der Waals surface area contributed by atoms with Crippen LogP contribution < -0.4 is 5.32 Å². The first kappa shape index (κ1) is 22.6. The number of rotatable bonds is 5. The highest BCUT2D eigenvalue weighted by Gasteiger charge is 2.35. The molecule has 2 nitrogen and oxygen atoms in total. The van der Waals surface area contributed by atoms with Crippen LogP contribution in [0, 0.1) is 13.8 Å². The summed E-state index contributed by atoms with van der Waals surface area (Å²) in [4.78, 5) is 4.38. The number of benzene rings is 2. The summed E-state index contributed by atoms with van der Waals surface area (Å²) in [7, 11) is 0. The molecule has 1 aliphatic heterocycles. The van der Waals surface area contributed by atoms with Crippen molar-refractivity contribution in [2.45, 2.75) is 45.3 Å². The summed E-state index contributed by atoms with van der Waals surface area (Å²) < 4.78 is 67.9. The van der Waals surface area contributed by atoms with E-state index in [2.05, 4.69) is 10.3 Å². The predicted molar refractivity (Wildman–Crippen MR) is 111 cm³/mol. The van der Waals surface area contributed by atoms with Gasteiger partial charge in [0.05, 0.1) is 18.2 Å². The average Bonchev–Trinajstić information content (AvgIpc) is 3.15. The molecule has 1 aliphatic rings. The summed E-state index contributed by atoms with van der Waals surface area (Å²) in [6, 6.07) is 8.00. The zero-order valence-corrected chi connectivity index (χ0v) is 17.7. The first-order valence-corrected chi connectivity index (χ1v) is 10.5. The Morgan fingerprint density at radius 3 is 2.37 bits per heavy atom. The van der Waals surface area contributed by atoms with Gasteiger partial charge in [-0.3, -0.25) is 4.99 Å². The van der Waals surface area contributed by atoms with Crippen LogP contribution >= 0.6 is 11.8 Å². The fraction of sp³-hybridized carbons (Fsp3) is 0.409. The van der Waals surface area contributed by atoms with Crippen molar-refractivity contribution in [3.63, 3.8) is 0 Å². The number of nitrogens with zero attached hydrogens (tertiary/aromatic N) is 1. The summed E-state index contributed by atoms with van der Waals surface area (Å²) in [5, 5.41) is 4.03. The lowest BCUT2D eigenvalue weighted by atomic mass is 9.91. The fourth-order valence-corrected chi connectivity index (χ4v) is 4.21. The van der Waals surface area contributed by atoms with Crippen LogP contribution in [0.5, 0.6) is 0 Å². The number of aliphatic imine (C=N–C) groups is 1. The molecule has 0 spiro atoms. The quantitative estimate of drug-likeness (QED) is 0.541. The molecule has 2 aromatic rings. The maximum absolute atomic E-state index is 13.9. The lowest BCUT2D eigenvalue weighted by Gasteiger charge is -2.24. The van der Waals surface area contributed by atoms with E-state index >= 15 is 0 Å². The van der Waals surface area contributed by atoms with Crippen molar-refractivity contribution in [3.05, 3.63) is 69.8 Å². The number of aryl methyl sites for hydroxylation is 1. The van der Waals surface area contributed by atoms with Crippen LogP contribution in [0.25, 0.3) is 0 Å². The summed E-state index contributed by atoms with van der Waals surface area (Å²) in [5.41, 5.74) is 1.45. The van der Waals surface area contributed by atoms with Gasteiger partial charge in [-0.15, -0.1) is 0 Å². The van der Waals surface area contributed by atoms with Crippen LogP contribution in [0.15, 0.2) is 41.4 Å². The second kappa shape index (κ2) is 8.57. The number of alkyl halides is 5. The Morgan fingerprint density at radius 2 is 1.77 bits per heavy atom. The topological polar surface area (TPSA) is 24.4 Å². The van der Waals surface area contributed by atoms with Gasteiger partial charge >= 0.3 is 6.18 Å². The standard InChI is InChI=1S/C22H23F5N2S/c1-13-5-4-6-18(14(13)2)19(29-20-28-7-8-30-20)11-15-9-16(21(3,23)24)12-17(10-15)22(25,26)27/h4-6,9-10,12,19H,7-8,11H2,1-3H3,(H,28,29). The highest BCUT2D eigenvalue weighted by atomic mass is 32.2. The van der Waals surface area contributed by atoms with E-state index in [4.69, 9.17) is 0 Å². The van der Waals surface area contributed by atoms with Gasteiger partial charge in [-0.2, -0.15) is 13.2 Å². The third kappa shape index (κ3) is 5.33. The molecule has 0 saturated heterocycles. The summed E-state index contributed by atoms with van der Waals surface area (Å²) >= 11 is 1.54. The molecule has 0 amide bonds. The Hall–Kier alpha value is -2.09. The molecule has 162 valence electrons. The first-order chi connectivity index (χ1) is 13.9. The second-order valence-corrected chi connectivity index (χ2v) is 8.61. The maximum Gasteiger partial charge on any atom is 0.416 e. The SMILES string of the molecule is Cc1cccc(C(Cc2cc(C(C)(F)F)cc(C(F)(F)F)c2)NC2=NCCS2)c1C. The van der Waals surface area contributed by atoms with Crippen LogP contribution in [0.3, 0.4) is 0 Å². The van der Waals surface area contributed by atoms with Gasteiger partial charge in [-0.05, 0) is 60.7 Å². The Bertz CT molecular complexity index is 915. The molecular formula is C22H23F5N2S. The third-order valence-electron chi connectivity index (χ3n) is 5.17. The van der Waals surface area contributed by atoms with Crippen LogP contribution in [-0.2, 0) is 18.5 Å². The molecule has 0 bridgehead atoms. The summed E-state index contributed by atoms with van der Waals surface area (Å²) in [6.45, 7) is 5.18. The Labute approximate surface area is 177 Å². The molecule has 3 rings (SSSR count). The van der Waals surface area contributed by atoms with E-state index in [1.165, 1.54) is 17.8 Å². The molecule has 0 radical (unpaired) electrons. The Balaban J connectivity index is 2.04. The molecular weight excluding hydrogens is 419 g/mol. The number of amidine groups is 1. The normalized spacial score (nSPS) is 15.8. The molecule has 0 aliphatic carbocycles. The Morgan fingerprint density at radius 1 is 1.07 bits per heavy atom. The molecule has 0 fully saturated rings. The van der Waals surface area contributed by atoms with Crippen LogP contribution in [0.2, 0.25) is 0 Å². The molecule has 0 saturated carbocycles. The molecule has 2 aromatic carbocycles. The molecule has 1 unspecified atom stereocenters. The molecule has 0 aromatic heterocycles. The van der Waals surface area contributed by atoms with Crippen molar-refractivity contribution in [2.75, 3.05) is 12.3 Å². The number of hydrogen-bond donors (Lipinski definition) is 1. The number of hydrogen-bond acceptors (Lipinski definition) is 3. The predicted octanol–water partition coefficient (Wildman–Crippen LogP) is 6.41. The fourth-order valence-electron chi connectivity index (χ4n) is 3.42. The van der Waals surface area contributed by atoms with E-state index in [0.717, 1.165) is 28.5 Å². The van der Waals surface area contributed by atoms with Gasteiger partial charge < -0.3 is 5.32 Å². The zero-order valence-electron chi connectivity index (χ0n) is 16.9. The van der Waals surface area contributed by atoms with E-state index < -0.39 is 29.3 Å². The molecule has 8 heteroatoms. The number of thioether (sulfide) groups is 1. The molecule has 1 N–H and O–H groups in total. The minimum absolute atomic E-state index is 0.122. The number of nitrogens with one attached hydrogen (secondary N) is 1. The van der Waals surface area contributed by atoms with Crippen molar-refractivity contribution in [1.29, 1.82) is 0 Å². The van der Waals surface area contributed by atoms with Crippen LogP contribution in [0.4, 0.5) is 22.0 Å². The van der Waals surface area contributed by atoms with Crippen molar-refractivity contribution < 1.29 is 22.0 Å². The maximum atomic E-state index is 13.9. The van der Waals surface area contributed by atoms with Crippen molar-refractivity contribution >= 4 is 16.9 Å². The van der Waals surface area contributed by atoms with E-state index in [1.54, 1.807) is 0 Å². The van der Waals surface area contributed by atoms with Gasteiger partial charge in [0, 0.05) is 18.2 Å². The van der Waals surface area contributed by atoms with E-state index in [1.807, 2.05) is 32.0 Å². The van der Waals surface area contributed by atoms with Gasteiger partial charge in [0.2, 0.25) is 0 Å². The Kier molecular flexibility index (Phi) is 6.45. The van der Waals surface area contributed by atoms with Crippen molar-refractivity contribution in [1.82, 2.24) is 5.32 Å². The smallest absolute Gasteiger partial charge is 0.358 e. The number of halogens is 5. The van der Waals surface area contributed by atoms with Gasteiger partial charge in [0.1, 0.15) is 0 Å². The monoisotopic (exact) mass is 442 g/mol. The second-order valence-electron chi connectivity index (χ2n) is 7.53. The minimum atomic E-state index is -4.70. The van der Waals surface area contributed by atoms with E-state index in [0.29, 0.717) is 24.7 Å². The van der Waals surface area contributed by atoms with Gasteiger partial charge in [0.15, 0.2) is 5.17 Å². The van der Waals surface area contributed by atoms with Crippen molar-refractivity contribution in [3.8, 4) is 0 Å². The lowest BCUT2D eigenvalue weighted by Crippen LogP contribution is -2.28. The van der Waals surface area contributed by atoms with Crippen LogP contribution in [-0.4, -0.2) is 17.5 Å². The highest BCUT2D eigenvalue weighted by molar-refractivity contribution is 8.14. The lowest BCUT2D eigenvalue weighted by molar-refractivity contribution is -0.137. The zero-order chi connectivity index (χ0) is 22.1. The first-order valence-electron chi connectivity index (χ1n) is 9.54. The summed E-state index contributed by atoms with van der Waals surface area (Å²) in [6.07, 6.45) is -4.58. The molecule has 1 heterocycles. The largest absolute Gasteiger partial charge is 0.416 e. The van der Waals surface area contributed by atoms with Gasteiger partial charge in [-0.25, -0.2) is 8.78 Å². The average molecular weight is 442 g/mol. The van der Waals surface area contributed by atoms with E-state index in [9.17, 15) is 22.0 Å². The van der Waals surface area contributed by atoms with Gasteiger partial charge in [0.25, 0.3) is 5.92 Å².